The quantitative estimate of drug-likeness (QED) is 0.807. The number of aromatic nitrogens is 3. The number of aromatic amines is 1. The van der Waals surface area contributed by atoms with Gasteiger partial charge in [-0.15, -0.1) is 0 Å². The van der Waals surface area contributed by atoms with E-state index in [1.165, 1.54) is 13.3 Å². The maximum Gasteiger partial charge on any atom is 0.274 e. The summed E-state index contributed by atoms with van der Waals surface area (Å²) < 4.78 is 4.94. The van der Waals surface area contributed by atoms with Gasteiger partial charge in [-0.3, -0.25) is 9.89 Å². The van der Waals surface area contributed by atoms with Crippen LogP contribution in [-0.4, -0.2) is 28.2 Å². The van der Waals surface area contributed by atoms with Crippen LogP contribution >= 0.6 is 0 Å². The van der Waals surface area contributed by atoms with Crippen molar-refractivity contribution < 1.29 is 9.53 Å². The molecule has 0 fully saturated rings. The molecule has 0 aliphatic heterocycles. The third-order valence-electron chi connectivity index (χ3n) is 1.92. The third-order valence-corrected chi connectivity index (χ3v) is 1.92. The van der Waals surface area contributed by atoms with Crippen LogP contribution in [0, 0.1) is 0 Å². The van der Waals surface area contributed by atoms with E-state index in [1.807, 2.05) is 0 Å². The molecule has 0 aromatic carbocycles. The molecule has 2 aromatic heterocycles. The third kappa shape index (κ3) is 2.17. The number of carbonyl (C=O) groups excluding carboxylic acids is 1. The van der Waals surface area contributed by atoms with Crippen molar-refractivity contribution in [3.8, 4) is 5.88 Å². The molecule has 0 bridgehead atoms. The molecule has 0 spiro atoms. The van der Waals surface area contributed by atoms with Crippen LogP contribution in [0.15, 0.2) is 30.5 Å². The number of hydrogen-bond donors (Lipinski definition) is 2. The van der Waals surface area contributed by atoms with Crippen molar-refractivity contribution in [3.63, 3.8) is 0 Å². The summed E-state index contributed by atoms with van der Waals surface area (Å²) >= 11 is 0. The molecule has 0 radical (unpaired) electrons. The SMILES string of the molecule is COc1cccc(NC(=O)c2ccn[nH]2)n1. The first-order valence-electron chi connectivity index (χ1n) is 4.61. The highest BCUT2D eigenvalue weighted by atomic mass is 16.5. The van der Waals surface area contributed by atoms with E-state index in [4.69, 9.17) is 4.74 Å². The Morgan fingerprint density at radius 1 is 1.44 bits per heavy atom. The lowest BCUT2D eigenvalue weighted by Gasteiger charge is -2.04. The van der Waals surface area contributed by atoms with Crippen LogP contribution in [0.2, 0.25) is 0 Å². The fraction of sp³-hybridized carbons (Fsp3) is 0.100. The summed E-state index contributed by atoms with van der Waals surface area (Å²) in [5, 5.41) is 8.87. The first kappa shape index (κ1) is 10.2. The van der Waals surface area contributed by atoms with Crippen molar-refractivity contribution in [2.75, 3.05) is 12.4 Å². The predicted octanol–water partition coefficient (Wildman–Crippen LogP) is 1.07. The van der Waals surface area contributed by atoms with Gasteiger partial charge in [-0.05, 0) is 12.1 Å². The molecule has 16 heavy (non-hydrogen) atoms. The number of anilines is 1. The van der Waals surface area contributed by atoms with E-state index < -0.39 is 0 Å². The minimum Gasteiger partial charge on any atom is -0.481 e. The van der Waals surface area contributed by atoms with E-state index in [2.05, 4.69) is 20.5 Å². The predicted molar refractivity (Wildman–Crippen MR) is 57.3 cm³/mol. The molecular weight excluding hydrogens is 208 g/mol. The number of methoxy groups -OCH3 is 1. The van der Waals surface area contributed by atoms with Gasteiger partial charge in [0.2, 0.25) is 5.88 Å². The minimum atomic E-state index is -0.293. The standard InChI is InChI=1S/C10H10N4O2/c1-16-9-4-2-3-8(12-9)13-10(15)7-5-6-11-14-7/h2-6H,1H3,(H,11,14)(H,12,13,15). The van der Waals surface area contributed by atoms with E-state index in [0.717, 1.165) is 0 Å². The Balaban J connectivity index is 2.12. The average Bonchev–Trinajstić information content (AvgIpc) is 2.83. The fourth-order valence-corrected chi connectivity index (χ4v) is 1.16. The van der Waals surface area contributed by atoms with E-state index in [9.17, 15) is 4.79 Å². The van der Waals surface area contributed by atoms with Crippen LogP contribution in [0.4, 0.5) is 5.82 Å². The van der Waals surface area contributed by atoms with E-state index in [1.54, 1.807) is 24.3 Å². The highest BCUT2D eigenvalue weighted by molar-refractivity contribution is 6.02. The van der Waals surface area contributed by atoms with Crippen molar-refractivity contribution >= 4 is 11.7 Å². The number of ether oxygens (including phenoxy) is 1. The van der Waals surface area contributed by atoms with Gasteiger partial charge in [0.05, 0.1) is 7.11 Å². The molecule has 0 saturated heterocycles. The second-order valence-electron chi connectivity index (χ2n) is 2.99. The number of carbonyl (C=O) groups is 1. The van der Waals surface area contributed by atoms with Gasteiger partial charge in [-0.2, -0.15) is 10.1 Å². The second-order valence-corrected chi connectivity index (χ2v) is 2.99. The number of pyridine rings is 1. The van der Waals surface area contributed by atoms with Gasteiger partial charge < -0.3 is 10.1 Å². The molecular formula is C10H10N4O2. The summed E-state index contributed by atoms with van der Waals surface area (Å²) in [6, 6.07) is 6.70. The van der Waals surface area contributed by atoms with Gasteiger partial charge in [-0.25, -0.2) is 0 Å². The van der Waals surface area contributed by atoms with Gasteiger partial charge >= 0.3 is 0 Å². The number of nitrogens with zero attached hydrogens (tertiary/aromatic N) is 2. The lowest BCUT2D eigenvalue weighted by atomic mass is 10.4. The Kier molecular flexibility index (Phi) is 2.81. The van der Waals surface area contributed by atoms with E-state index in [-0.39, 0.29) is 5.91 Å². The summed E-state index contributed by atoms with van der Waals surface area (Å²) in [7, 11) is 1.52. The zero-order valence-electron chi connectivity index (χ0n) is 8.60. The molecule has 2 heterocycles. The first-order chi connectivity index (χ1) is 7.79. The topological polar surface area (TPSA) is 79.9 Å². The molecule has 0 aliphatic rings. The van der Waals surface area contributed by atoms with Gasteiger partial charge in [0.15, 0.2) is 0 Å². The zero-order chi connectivity index (χ0) is 11.4. The average molecular weight is 218 g/mol. The molecule has 0 unspecified atom stereocenters. The van der Waals surface area contributed by atoms with Crippen molar-refractivity contribution in [2.45, 2.75) is 0 Å². The van der Waals surface area contributed by atoms with Crippen molar-refractivity contribution in [2.24, 2.45) is 0 Å². The fourth-order valence-electron chi connectivity index (χ4n) is 1.16. The normalized spacial score (nSPS) is 9.81. The number of rotatable bonds is 3. The molecule has 82 valence electrons. The van der Waals surface area contributed by atoms with Crippen LogP contribution < -0.4 is 10.1 Å². The van der Waals surface area contributed by atoms with Crippen LogP contribution in [0.25, 0.3) is 0 Å². The van der Waals surface area contributed by atoms with Crippen LogP contribution in [-0.2, 0) is 0 Å². The maximum atomic E-state index is 11.6. The number of nitrogens with one attached hydrogen (secondary N) is 2. The lowest BCUT2D eigenvalue weighted by molar-refractivity contribution is 0.102. The number of H-pyrrole nitrogens is 1. The largest absolute Gasteiger partial charge is 0.481 e. The number of amides is 1. The van der Waals surface area contributed by atoms with Gasteiger partial charge in [-0.1, -0.05) is 6.07 Å². The summed E-state index contributed by atoms with van der Waals surface area (Å²) in [6.07, 6.45) is 1.51. The van der Waals surface area contributed by atoms with E-state index in [0.29, 0.717) is 17.4 Å². The van der Waals surface area contributed by atoms with Crippen molar-refractivity contribution in [3.05, 3.63) is 36.2 Å². The molecule has 6 nitrogen and oxygen atoms in total. The summed E-state index contributed by atoms with van der Waals surface area (Å²) in [5.41, 5.74) is 0.379. The number of hydrogen-bond acceptors (Lipinski definition) is 4. The summed E-state index contributed by atoms with van der Waals surface area (Å²) in [6.45, 7) is 0. The second kappa shape index (κ2) is 4.43. The Hall–Kier alpha value is -2.37. The van der Waals surface area contributed by atoms with Gasteiger partial charge in [0.25, 0.3) is 5.91 Å². The van der Waals surface area contributed by atoms with Gasteiger partial charge in [0.1, 0.15) is 11.5 Å². The Labute approximate surface area is 91.7 Å². The van der Waals surface area contributed by atoms with Crippen LogP contribution in [0.1, 0.15) is 10.5 Å². The highest BCUT2D eigenvalue weighted by Gasteiger charge is 2.07. The Bertz CT molecular complexity index is 481. The summed E-state index contributed by atoms with van der Waals surface area (Å²) in [4.78, 5) is 15.7. The molecule has 0 atom stereocenters. The van der Waals surface area contributed by atoms with E-state index >= 15 is 0 Å². The molecule has 0 aliphatic carbocycles. The molecule has 1 amide bonds. The molecule has 0 saturated carbocycles. The van der Waals surface area contributed by atoms with Gasteiger partial charge in [0, 0.05) is 12.3 Å². The monoisotopic (exact) mass is 218 g/mol. The van der Waals surface area contributed by atoms with Crippen molar-refractivity contribution in [1.82, 2.24) is 15.2 Å². The van der Waals surface area contributed by atoms with Crippen molar-refractivity contribution in [1.29, 1.82) is 0 Å². The van der Waals surface area contributed by atoms with Crippen LogP contribution in [0.3, 0.4) is 0 Å². The maximum absolute atomic E-state index is 11.6. The molecule has 2 aromatic rings. The Morgan fingerprint density at radius 2 is 2.31 bits per heavy atom. The molecule has 2 N–H and O–H groups in total. The molecule has 6 heteroatoms. The lowest BCUT2D eigenvalue weighted by Crippen LogP contribution is -2.13. The zero-order valence-corrected chi connectivity index (χ0v) is 8.60. The smallest absolute Gasteiger partial charge is 0.274 e. The van der Waals surface area contributed by atoms with Crippen LogP contribution in [0.5, 0.6) is 5.88 Å². The minimum absolute atomic E-state index is 0.293. The summed E-state index contributed by atoms with van der Waals surface area (Å²) in [5.74, 6) is 0.583. The molecule has 2 rings (SSSR count). The first-order valence-corrected chi connectivity index (χ1v) is 4.61. The Morgan fingerprint density at radius 3 is 3.00 bits per heavy atom. The highest BCUT2D eigenvalue weighted by Crippen LogP contribution is 2.11.